The number of aliphatic hydroxyl groups excluding tert-OH is 2. The van der Waals surface area contributed by atoms with Crippen LogP contribution in [0.15, 0.2) is 24.3 Å². The minimum atomic E-state index is -0.847. The standard InChI is InChI=1S/C71H137NO5/c1-3-5-7-9-11-13-15-17-19-20-21-27-30-33-36-39-43-47-51-55-59-63-69(74)68(67-73)72-70(75)64-60-56-52-48-44-40-37-34-31-28-25-23-22-24-26-29-32-35-38-42-46-50-54-58-62-66-77-71(76)65-61-57-53-49-45-41-18-16-14-12-10-8-6-4-2/h23,25,59,63,68-69,73-74H,3-22,24,26-58,60-62,64-67H2,1-2H3,(H,72,75)/b25-23-,63-59+. The average molecular weight is 1080 g/mol. The fourth-order valence-electron chi connectivity index (χ4n) is 11.1. The predicted octanol–water partition coefficient (Wildman–Crippen LogP) is 22.5. The van der Waals surface area contributed by atoms with E-state index in [0.29, 0.717) is 19.4 Å². The van der Waals surface area contributed by atoms with Crippen molar-refractivity contribution in [3.05, 3.63) is 24.3 Å². The van der Waals surface area contributed by atoms with E-state index in [4.69, 9.17) is 4.74 Å². The van der Waals surface area contributed by atoms with Crippen LogP contribution < -0.4 is 5.32 Å². The second-order valence-electron chi connectivity index (χ2n) is 24.2. The number of esters is 1. The van der Waals surface area contributed by atoms with Gasteiger partial charge in [0.25, 0.3) is 0 Å². The van der Waals surface area contributed by atoms with Gasteiger partial charge in [0.1, 0.15) is 0 Å². The monoisotopic (exact) mass is 1080 g/mol. The molecular weight excluding hydrogens is 947 g/mol. The van der Waals surface area contributed by atoms with Gasteiger partial charge in [-0.15, -0.1) is 0 Å². The largest absolute Gasteiger partial charge is 0.466 e. The van der Waals surface area contributed by atoms with Crippen molar-refractivity contribution in [1.82, 2.24) is 5.32 Å². The highest BCUT2D eigenvalue weighted by Gasteiger charge is 2.18. The fraction of sp³-hybridized carbons (Fsp3) is 0.915. The van der Waals surface area contributed by atoms with Gasteiger partial charge in [-0.3, -0.25) is 9.59 Å². The van der Waals surface area contributed by atoms with Crippen molar-refractivity contribution in [1.29, 1.82) is 0 Å². The minimum absolute atomic E-state index is 0.0160. The Kier molecular flexibility index (Phi) is 65.4. The number of ether oxygens (including phenoxy) is 1. The zero-order chi connectivity index (χ0) is 55.7. The summed E-state index contributed by atoms with van der Waals surface area (Å²) < 4.78 is 5.49. The van der Waals surface area contributed by atoms with E-state index in [1.165, 1.54) is 327 Å². The van der Waals surface area contributed by atoms with Crippen LogP contribution in [0.3, 0.4) is 0 Å². The molecule has 0 aliphatic rings. The minimum Gasteiger partial charge on any atom is -0.466 e. The molecule has 0 heterocycles. The Morgan fingerprint density at radius 3 is 0.922 bits per heavy atom. The third-order valence-corrected chi connectivity index (χ3v) is 16.5. The maximum absolute atomic E-state index is 12.5. The third-order valence-electron chi connectivity index (χ3n) is 16.5. The normalized spacial score (nSPS) is 12.6. The molecule has 0 fully saturated rings. The van der Waals surface area contributed by atoms with Gasteiger partial charge in [-0.2, -0.15) is 0 Å². The van der Waals surface area contributed by atoms with E-state index in [9.17, 15) is 19.8 Å². The van der Waals surface area contributed by atoms with Gasteiger partial charge >= 0.3 is 5.97 Å². The van der Waals surface area contributed by atoms with Crippen molar-refractivity contribution in [3.8, 4) is 0 Å². The molecule has 77 heavy (non-hydrogen) atoms. The summed E-state index contributed by atoms with van der Waals surface area (Å²) in [5, 5.41) is 23.2. The molecule has 0 saturated heterocycles. The Hall–Kier alpha value is -1.66. The van der Waals surface area contributed by atoms with Crippen molar-refractivity contribution >= 4 is 11.9 Å². The highest BCUT2D eigenvalue weighted by atomic mass is 16.5. The lowest BCUT2D eigenvalue weighted by atomic mass is 10.0. The second-order valence-corrected chi connectivity index (χ2v) is 24.2. The van der Waals surface area contributed by atoms with E-state index in [0.717, 1.165) is 38.5 Å². The molecule has 0 aromatic rings. The maximum Gasteiger partial charge on any atom is 0.305 e. The van der Waals surface area contributed by atoms with Gasteiger partial charge in [-0.25, -0.2) is 0 Å². The van der Waals surface area contributed by atoms with Gasteiger partial charge in [0.2, 0.25) is 5.91 Å². The van der Waals surface area contributed by atoms with Crippen LogP contribution in [0, 0.1) is 0 Å². The molecule has 6 heteroatoms. The molecule has 0 aliphatic heterocycles. The third kappa shape index (κ3) is 63.4. The van der Waals surface area contributed by atoms with Gasteiger partial charge in [0.15, 0.2) is 0 Å². The Morgan fingerprint density at radius 1 is 0.351 bits per heavy atom. The lowest BCUT2D eigenvalue weighted by Gasteiger charge is -2.20. The van der Waals surface area contributed by atoms with Crippen LogP contribution in [0.2, 0.25) is 0 Å². The Balaban J connectivity index is 3.42. The summed E-state index contributed by atoms with van der Waals surface area (Å²) in [5.74, 6) is -0.0510. The van der Waals surface area contributed by atoms with Crippen molar-refractivity contribution in [2.45, 2.75) is 405 Å². The molecule has 0 rings (SSSR count). The average Bonchev–Trinajstić information content (AvgIpc) is 3.43. The Morgan fingerprint density at radius 2 is 0.610 bits per heavy atom. The number of allylic oxidation sites excluding steroid dienone is 3. The number of carbonyl (C=O) groups is 2. The Labute approximate surface area is 481 Å². The molecule has 0 aromatic heterocycles. The van der Waals surface area contributed by atoms with E-state index < -0.39 is 12.1 Å². The van der Waals surface area contributed by atoms with Crippen molar-refractivity contribution in [2.75, 3.05) is 13.2 Å². The van der Waals surface area contributed by atoms with Crippen LogP contribution >= 0.6 is 0 Å². The van der Waals surface area contributed by atoms with Crippen LogP contribution in [0.4, 0.5) is 0 Å². The van der Waals surface area contributed by atoms with Crippen molar-refractivity contribution < 1.29 is 24.5 Å². The molecule has 456 valence electrons. The van der Waals surface area contributed by atoms with Gasteiger partial charge in [-0.1, -0.05) is 346 Å². The van der Waals surface area contributed by atoms with E-state index in [1.807, 2.05) is 6.08 Å². The number of hydrogen-bond donors (Lipinski definition) is 3. The summed E-state index contributed by atoms with van der Waals surface area (Å²) in [4.78, 5) is 24.6. The quantitative estimate of drug-likeness (QED) is 0.0320. The molecule has 0 spiro atoms. The molecule has 3 N–H and O–H groups in total. The summed E-state index contributed by atoms with van der Waals surface area (Å²) in [6.45, 7) is 4.94. The molecule has 2 unspecified atom stereocenters. The zero-order valence-electron chi connectivity index (χ0n) is 52.2. The number of hydrogen-bond acceptors (Lipinski definition) is 5. The van der Waals surface area contributed by atoms with E-state index in [2.05, 4.69) is 31.3 Å². The smallest absolute Gasteiger partial charge is 0.305 e. The number of unbranched alkanes of at least 4 members (excludes halogenated alkanes) is 53. The van der Waals surface area contributed by atoms with Gasteiger partial charge in [0, 0.05) is 12.8 Å². The molecule has 2 atom stereocenters. The number of carbonyl (C=O) groups excluding carboxylic acids is 2. The maximum atomic E-state index is 12.5. The highest BCUT2D eigenvalue weighted by molar-refractivity contribution is 5.76. The first-order valence-corrected chi connectivity index (χ1v) is 35.1. The van der Waals surface area contributed by atoms with Crippen molar-refractivity contribution in [3.63, 3.8) is 0 Å². The summed E-state index contributed by atoms with van der Waals surface area (Å²) in [5.41, 5.74) is 0. The zero-order valence-corrected chi connectivity index (χ0v) is 52.2. The molecule has 0 radical (unpaired) electrons. The molecular formula is C71H137NO5. The number of rotatable bonds is 66. The summed E-state index contributed by atoms with van der Waals surface area (Å²) in [7, 11) is 0. The van der Waals surface area contributed by atoms with E-state index in [1.54, 1.807) is 6.08 Å². The predicted molar refractivity (Wildman–Crippen MR) is 338 cm³/mol. The lowest BCUT2D eigenvalue weighted by Crippen LogP contribution is -2.45. The Bertz CT molecular complexity index is 1200. The van der Waals surface area contributed by atoms with E-state index >= 15 is 0 Å². The van der Waals surface area contributed by atoms with Crippen LogP contribution in [-0.4, -0.2) is 47.4 Å². The first kappa shape index (κ1) is 75.3. The SMILES string of the molecule is CCCCCCCCCCCCCCCCCCCCC/C=C/C(O)C(CO)NC(=O)CCCCCCCCCCC/C=C\CCCCCCCCCCCCCCOC(=O)CCCCCCCCCCCCCCCC. The number of amides is 1. The fourth-order valence-corrected chi connectivity index (χ4v) is 11.1. The van der Waals surface area contributed by atoms with Crippen LogP contribution in [0.1, 0.15) is 393 Å². The topological polar surface area (TPSA) is 95.9 Å². The summed E-state index contributed by atoms with van der Waals surface area (Å²) in [6, 6.07) is -0.631. The summed E-state index contributed by atoms with van der Waals surface area (Å²) in [6.07, 6.45) is 83.9. The van der Waals surface area contributed by atoms with Crippen LogP contribution in [-0.2, 0) is 14.3 Å². The van der Waals surface area contributed by atoms with Gasteiger partial charge in [-0.05, 0) is 57.8 Å². The van der Waals surface area contributed by atoms with Crippen LogP contribution in [0.5, 0.6) is 0 Å². The molecule has 0 saturated carbocycles. The molecule has 1 amide bonds. The molecule has 0 bridgehead atoms. The molecule has 6 nitrogen and oxygen atoms in total. The van der Waals surface area contributed by atoms with E-state index in [-0.39, 0.29) is 18.5 Å². The second kappa shape index (κ2) is 66.8. The van der Waals surface area contributed by atoms with Gasteiger partial charge in [0.05, 0.1) is 25.4 Å². The van der Waals surface area contributed by atoms with Crippen LogP contribution in [0.25, 0.3) is 0 Å². The van der Waals surface area contributed by atoms with Crippen molar-refractivity contribution in [2.24, 2.45) is 0 Å². The first-order chi connectivity index (χ1) is 38.0. The summed E-state index contributed by atoms with van der Waals surface area (Å²) >= 11 is 0. The van der Waals surface area contributed by atoms with Gasteiger partial charge < -0.3 is 20.3 Å². The lowest BCUT2D eigenvalue weighted by molar-refractivity contribution is -0.143. The highest BCUT2D eigenvalue weighted by Crippen LogP contribution is 2.19. The number of aliphatic hydroxyl groups is 2. The first-order valence-electron chi connectivity index (χ1n) is 35.1. The number of nitrogens with one attached hydrogen (secondary N) is 1. The molecule has 0 aliphatic carbocycles. The molecule has 0 aromatic carbocycles.